The zero-order chi connectivity index (χ0) is 27.0. The van der Waals surface area contributed by atoms with Crippen molar-refractivity contribution < 1.29 is 19.4 Å². The first-order valence-electron chi connectivity index (χ1n) is 12.2. The van der Waals surface area contributed by atoms with Crippen molar-refractivity contribution in [1.82, 2.24) is 4.90 Å². The highest BCUT2D eigenvalue weighted by atomic mass is 35.5. The number of benzene rings is 2. The van der Waals surface area contributed by atoms with Gasteiger partial charge < -0.3 is 14.7 Å². The number of carbonyl (C=O) groups excluding carboxylic acids is 1. The lowest BCUT2D eigenvalue weighted by Crippen LogP contribution is -2.45. The molecule has 0 aromatic heterocycles. The number of carbonyl (C=O) groups is 2. The highest BCUT2D eigenvalue weighted by molar-refractivity contribution is 8.00. The molecule has 1 unspecified atom stereocenters. The minimum atomic E-state index is -0.833. The lowest BCUT2D eigenvalue weighted by Gasteiger charge is -2.36. The number of amides is 1. The van der Waals surface area contributed by atoms with Crippen LogP contribution in [-0.4, -0.2) is 52.1 Å². The molecule has 1 aliphatic heterocycles. The Bertz CT molecular complexity index is 877. The molecule has 2 fully saturated rings. The van der Waals surface area contributed by atoms with Gasteiger partial charge in [0.05, 0.1) is 12.6 Å². The quantitative estimate of drug-likeness (QED) is 0.417. The van der Waals surface area contributed by atoms with E-state index in [-0.39, 0.29) is 23.3 Å². The number of rotatable bonds is 4. The van der Waals surface area contributed by atoms with Crippen LogP contribution in [0.3, 0.4) is 0 Å². The van der Waals surface area contributed by atoms with Crippen LogP contribution in [0.1, 0.15) is 65.0 Å². The molecule has 1 atom stereocenters. The van der Waals surface area contributed by atoms with E-state index in [0.29, 0.717) is 11.6 Å². The zero-order valence-corrected chi connectivity index (χ0v) is 24.0. The summed E-state index contributed by atoms with van der Waals surface area (Å²) in [5, 5.41) is 8.92. The van der Waals surface area contributed by atoms with E-state index in [9.17, 15) is 4.79 Å². The number of morpholine rings is 1. The van der Waals surface area contributed by atoms with Gasteiger partial charge in [-0.25, -0.2) is 0 Å². The molecule has 1 saturated heterocycles. The zero-order valence-electron chi connectivity index (χ0n) is 21.7. The maximum absolute atomic E-state index is 12.2. The molecule has 8 heteroatoms. The summed E-state index contributed by atoms with van der Waals surface area (Å²) in [6.45, 7) is 9.13. The van der Waals surface area contributed by atoms with E-state index < -0.39 is 5.97 Å². The third kappa shape index (κ3) is 15.4. The smallest absolute Gasteiger partial charge is 0.300 e. The van der Waals surface area contributed by atoms with Crippen molar-refractivity contribution in [2.45, 2.75) is 64.2 Å². The number of halogens is 2. The van der Waals surface area contributed by atoms with E-state index in [1.54, 1.807) is 0 Å². The van der Waals surface area contributed by atoms with Crippen molar-refractivity contribution in [3.8, 4) is 0 Å². The van der Waals surface area contributed by atoms with Crippen LogP contribution in [0.4, 0.5) is 0 Å². The van der Waals surface area contributed by atoms with Gasteiger partial charge in [-0.2, -0.15) is 11.8 Å². The fourth-order valence-corrected chi connectivity index (χ4v) is 4.13. The second-order valence-electron chi connectivity index (χ2n) is 9.36. The van der Waals surface area contributed by atoms with E-state index in [4.69, 9.17) is 37.8 Å². The van der Waals surface area contributed by atoms with Gasteiger partial charge in [0, 0.05) is 34.0 Å². The van der Waals surface area contributed by atoms with Crippen LogP contribution in [0.15, 0.2) is 54.6 Å². The maximum atomic E-state index is 12.2. The summed E-state index contributed by atoms with van der Waals surface area (Å²) in [7, 11) is 0. The summed E-state index contributed by atoms with van der Waals surface area (Å²) in [6, 6.07) is 17.1. The van der Waals surface area contributed by atoms with E-state index in [1.807, 2.05) is 71.3 Å². The van der Waals surface area contributed by atoms with Crippen molar-refractivity contribution in [1.29, 1.82) is 0 Å². The van der Waals surface area contributed by atoms with Crippen molar-refractivity contribution in [3.63, 3.8) is 0 Å². The molecule has 2 aromatic rings. The lowest BCUT2D eigenvalue weighted by molar-refractivity contribution is -0.148. The normalized spacial score (nSPS) is 16.7. The summed E-state index contributed by atoms with van der Waals surface area (Å²) in [6.07, 6.45) is 6.00. The Balaban J connectivity index is 0.000000347. The predicted octanol–water partition coefficient (Wildman–Crippen LogP) is 7.76. The van der Waals surface area contributed by atoms with Gasteiger partial charge >= 0.3 is 0 Å². The average Bonchev–Trinajstić information content (AvgIpc) is 2.74. The summed E-state index contributed by atoms with van der Waals surface area (Å²) >= 11 is 13.3. The monoisotopic (exact) mass is 555 g/mol. The first-order chi connectivity index (χ1) is 17.0. The molecule has 2 aliphatic rings. The highest BCUT2D eigenvalue weighted by Crippen LogP contribution is 2.28. The molecule has 2 aromatic carbocycles. The molecule has 1 amide bonds. The second kappa shape index (κ2) is 17.7. The van der Waals surface area contributed by atoms with Crippen LogP contribution >= 0.6 is 35.0 Å². The first kappa shape index (κ1) is 32.3. The lowest BCUT2D eigenvalue weighted by atomic mass is 10.0. The van der Waals surface area contributed by atoms with Gasteiger partial charge in [0.15, 0.2) is 0 Å². The third-order valence-corrected chi connectivity index (χ3v) is 6.81. The Hall–Kier alpha value is -1.73. The number of hydrogen-bond acceptors (Lipinski definition) is 4. The SMILES string of the molecule is C1CCC1.CC(=O)O.CC(C)(C)SCCN1C(=O)COCC1c1ccc(Cl)cc1.Clc1ccccc1. The molecule has 5 nitrogen and oxygen atoms in total. The summed E-state index contributed by atoms with van der Waals surface area (Å²) < 4.78 is 5.64. The van der Waals surface area contributed by atoms with Crippen molar-refractivity contribution in [2.24, 2.45) is 0 Å². The fraction of sp³-hybridized carbons (Fsp3) is 0.500. The minimum absolute atomic E-state index is 0.0101. The van der Waals surface area contributed by atoms with Crippen LogP contribution in [-0.2, 0) is 14.3 Å². The molecule has 1 aliphatic carbocycles. The largest absolute Gasteiger partial charge is 0.481 e. The number of carboxylic acids is 1. The Kier molecular flexibility index (Phi) is 15.9. The van der Waals surface area contributed by atoms with Crippen molar-refractivity contribution in [2.75, 3.05) is 25.5 Å². The molecule has 0 spiro atoms. The molecule has 0 bridgehead atoms. The van der Waals surface area contributed by atoms with E-state index in [2.05, 4.69) is 20.8 Å². The van der Waals surface area contributed by atoms with Gasteiger partial charge in [0.1, 0.15) is 6.61 Å². The Morgan fingerprint density at radius 1 is 1.00 bits per heavy atom. The molecule has 36 heavy (non-hydrogen) atoms. The van der Waals surface area contributed by atoms with Crippen molar-refractivity contribution >= 4 is 46.8 Å². The molecular formula is C28H39Cl2NO4S. The van der Waals surface area contributed by atoms with Gasteiger partial charge in [0.25, 0.3) is 5.97 Å². The van der Waals surface area contributed by atoms with Gasteiger partial charge in [-0.15, -0.1) is 0 Å². The maximum Gasteiger partial charge on any atom is 0.300 e. The second-order valence-corrected chi connectivity index (χ2v) is 12.2. The summed E-state index contributed by atoms with van der Waals surface area (Å²) in [5.74, 6) is 0.162. The Morgan fingerprint density at radius 2 is 1.50 bits per heavy atom. The van der Waals surface area contributed by atoms with E-state index in [1.165, 1.54) is 25.7 Å². The third-order valence-electron chi connectivity index (χ3n) is 5.05. The van der Waals surface area contributed by atoms with Crippen LogP contribution in [0.2, 0.25) is 10.0 Å². The van der Waals surface area contributed by atoms with Crippen LogP contribution in [0.5, 0.6) is 0 Å². The van der Waals surface area contributed by atoms with Crippen LogP contribution in [0.25, 0.3) is 0 Å². The highest BCUT2D eigenvalue weighted by Gasteiger charge is 2.29. The summed E-state index contributed by atoms with van der Waals surface area (Å²) in [5.41, 5.74) is 1.08. The molecule has 0 radical (unpaired) electrons. The first-order valence-corrected chi connectivity index (χ1v) is 13.9. The predicted molar refractivity (Wildman–Crippen MR) is 152 cm³/mol. The van der Waals surface area contributed by atoms with Gasteiger partial charge in [-0.3, -0.25) is 9.59 Å². The fourth-order valence-electron chi connectivity index (χ4n) is 2.96. The number of ether oxygens (including phenoxy) is 1. The molecule has 1 N–H and O–H groups in total. The number of thioether (sulfide) groups is 1. The molecule has 4 rings (SSSR count). The molecule has 1 heterocycles. The average molecular weight is 557 g/mol. The van der Waals surface area contributed by atoms with E-state index >= 15 is 0 Å². The minimum Gasteiger partial charge on any atom is -0.481 e. The number of aliphatic carboxylic acids is 1. The van der Waals surface area contributed by atoms with Crippen LogP contribution in [0, 0.1) is 0 Å². The van der Waals surface area contributed by atoms with E-state index in [0.717, 1.165) is 29.8 Å². The topological polar surface area (TPSA) is 66.8 Å². The molecular weight excluding hydrogens is 517 g/mol. The summed E-state index contributed by atoms with van der Waals surface area (Å²) in [4.78, 5) is 23.1. The van der Waals surface area contributed by atoms with Gasteiger partial charge in [0.2, 0.25) is 5.91 Å². The standard InChI is InChI=1S/C16H22ClNO2S.C6H5Cl.C4H8.C2H4O2/c1-16(2,3)21-9-8-18-14(10-20-11-15(18)19)12-4-6-13(17)7-5-12;7-6-4-2-1-3-5-6;1-2-4-3-1;1-2(3)4/h4-7,14H,8-11H2,1-3H3;1-5H;1-4H2;1H3,(H,3,4). The Labute approximate surface area is 230 Å². The van der Waals surface area contributed by atoms with Crippen LogP contribution < -0.4 is 0 Å². The van der Waals surface area contributed by atoms with Gasteiger partial charge in [-0.05, 0) is 29.8 Å². The molecule has 1 saturated carbocycles. The number of carboxylic acid groups (broad SMARTS) is 1. The molecule has 200 valence electrons. The van der Waals surface area contributed by atoms with Gasteiger partial charge in [-0.1, -0.05) is 100.0 Å². The number of hydrogen-bond donors (Lipinski definition) is 1. The van der Waals surface area contributed by atoms with Crippen molar-refractivity contribution in [3.05, 3.63) is 70.2 Å². The number of nitrogens with zero attached hydrogens (tertiary/aromatic N) is 1. The Morgan fingerprint density at radius 3 is 1.92 bits per heavy atom.